The third kappa shape index (κ3) is 5.63. The molecule has 0 saturated carbocycles. The monoisotopic (exact) mass is 287 g/mol. The number of unbranched alkanes of at least 4 members (excludes halogenated alkanes) is 3. The lowest BCUT2D eigenvalue weighted by Gasteiger charge is -2.21. The molecule has 0 spiro atoms. The van der Waals surface area contributed by atoms with Crippen molar-refractivity contribution in [3.05, 3.63) is 35.9 Å². The number of alkyl halides is 3. The van der Waals surface area contributed by atoms with Gasteiger partial charge in [-0.1, -0.05) is 50.8 Å². The first-order valence-corrected chi connectivity index (χ1v) is 6.87. The van der Waals surface area contributed by atoms with Crippen molar-refractivity contribution in [2.45, 2.75) is 51.2 Å². The molecule has 0 aliphatic carbocycles. The van der Waals surface area contributed by atoms with E-state index in [0.29, 0.717) is 6.42 Å². The first-order valence-electron chi connectivity index (χ1n) is 6.87. The molecule has 1 rings (SSSR count). The van der Waals surface area contributed by atoms with E-state index in [1.165, 1.54) is 12.1 Å². The molecule has 0 heterocycles. The van der Waals surface area contributed by atoms with E-state index < -0.39 is 18.1 Å². The molecule has 1 aromatic carbocycles. The minimum Gasteiger partial charge on any atom is -0.340 e. The molecular formula is C15H20F3NO. The second-order valence-electron chi connectivity index (χ2n) is 4.78. The van der Waals surface area contributed by atoms with Gasteiger partial charge in [-0.3, -0.25) is 4.79 Å². The Morgan fingerprint density at radius 3 is 2.35 bits per heavy atom. The maximum atomic E-state index is 12.9. The number of hydrogen-bond acceptors (Lipinski definition) is 1. The van der Waals surface area contributed by atoms with Crippen molar-refractivity contribution in [3.63, 3.8) is 0 Å². The number of hydrogen-bond donors (Lipinski definition) is 1. The van der Waals surface area contributed by atoms with Crippen molar-refractivity contribution in [2.24, 2.45) is 0 Å². The maximum Gasteiger partial charge on any atom is 0.408 e. The number of carbonyl (C=O) groups is 1. The molecule has 0 fully saturated rings. The van der Waals surface area contributed by atoms with Crippen LogP contribution in [0.25, 0.3) is 0 Å². The second kappa shape index (κ2) is 7.92. The van der Waals surface area contributed by atoms with Crippen molar-refractivity contribution in [1.82, 2.24) is 5.32 Å². The van der Waals surface area contributed by atoms with Gasteiger partial charge in [-0.2, -0.15) is 13.2 Å². The number of amides is 1. The van der Waals surface area contributed by atoms with E-state index in [0.717, 1.165) is 19.3 Å². The Bertz CT molecular complexity index is 403. The minimum absolute atomic E-state index is 0.0674. The Hall–Kier alpha value is -1.52. The van der Waals surface area contributed by atoms with Crippen LogP contribution in [0.1, 0.15) is 49.4 Å². The van der Waals surface area contributed by atoms with Gasteiger partial charge in [-0.15, -0.1) is 0 Å². The fraction of sp³-hybridized carbons (Fsp3) is 0.533. The zero-order chi connectivity index (χ0) is 15.0. The van der Waals surface area contributed by atoms with Crippen molar-refractivity contribution in [2.75, 3.05) is 0 Å². The van der Waals surface area contributed by atoms with Crippen LogP contribution in [0, 0.1) is 0 Å². The molecular weight excluding hydrogens is 267 g/mol. The summed E-state index contributed by atoms with van der Waals surface area (Å²) in [5, 5.41) is 2.09. The lowest BCUT2D eigenvalue weighted by molar-refractivity contribution is -0.155. The summed E-state index contributed by atoms with van der Waals surface area (Å²) in [4.78, 5) is 11.8. The molecule has 1 amide bonds. The summed E-state index contributed by atoms with van der Waals surface area (Å²) < 4.78 is 38.7. The van der Waals surface area contributed by atoms with Gasteiger partial charge < -0.3 is 5.32 Å². The molecule has 1 atom stereocenters. The van der Waals surface area contributed by atoms with E-state index in [2.05, 4.69) is 5.32 Å². The van der Waals surface area contributed by atoms with Crippen LogP contribution >= 0.6 is 0 Å². The van der Waals surface area contributed by atoms with Crippen LogP contribution in [0.3, 0.4) is 0 Å². The van der Waals surface area contributed by atoms with Crippen molar-refractivity contribution < 1.29 is 18.0 Å². The molecule has 1 aromatic rings. The minimum atomic E-state index is -4.41. The third-order valence-corrected chi connectivity index (χ3v) is 3.08. The van der Waals surface area contributed by atoms with E-state index in [1.54, 1.807) is 18.2 Å². The maximum absolute atomic E-state index is 12.9. The van der Waals surface area contributed by atoms with Crippen LogP contribution < -0.4 is 5.32 Å². The van der Waals surface area contributed by atoms with Gasteiger partial charge in [0.1, 0.15) is 6.04 Å². The van der Waals surface area contributed by atoms with Gasteiger partial charge in [0, 0.05) is 5.56 Å². The first kappa shape index (κ1) is 16.5. The highest BCUT2D eigenvalue weighted by molar-refractivity contribution is 5.94. The fourth-order valence-corrected chi connectivity index (χ4v) is 1.92. The molecule has 0 aliphatic rings. The Balaban J connectivity index is 2.59. The van der Waals surface area contributed by atoms with Crippen LogP contribution in [0.5, 0.6) is 0 Å². The third-order valence-electron chi connectivity index (χ3n) is 3.08. The largest absolute Gasteiger partial charge is 0.408 e. The van der Waals surface area contributed by atoms with Gasteiger partial charge >= 0.3 is 6.18 Å². The number of halogens is 3. The average Bonchev–Trinajstić information content (AvgIpc) is 2.42. The highest BCUT2D eigenvalue weighted by Gasteiger charge is 2.40. The summed E-state index contributed by atoms with van der Waals surface area (Å²) in [7, 11) is 0. The van der Waals surface area contributed by atoms with E-state index in [9.17, 15) is 18.0 Å². The molecule has 0 bridgehead atoms. The second-order valence-corrected chi connectivity index (χ2v) is 4.78. The molecule has 2 nitrogen and oxygen atoms in total. The van der Waals surface area contributed by atoms with E-state index in [1.807, 2.05) is 6.92 Å². The van der Waals surface area contributed by atoms with Crippen LogP contribution in [-0.4, -0.2) is 18.1 Å². The van der Waals surface area contributed by atoms with Gasteiger partial charge in [-0.05, 0) is 18.6 Å². The molecule has 20 heavy (non-hydrogen) atoms. The van der Waals surface area contributed by atoms with Gasteiger partial charge in [0.2, 0.25) is 0 Å². The Morgan fingerprint density at radius 2 is 1.80 bits per heavy atom. The lowest BCUT2D eigenvalue weighted by Crippen LogP contribution is -2.45. The molecule has 0 unspecified atom stereocenters. The van der Waals surface area contributed by atoms with Gasteiger partial charge in [0.25, 0.3) is 5.91 Å². The normalized spacial score (nSPS) is 13.0. The highest BCUT2D eigenvalue weighted by atomic mass is 19.4. The summed E-state index contributed by atoms with van der Waals surface area (Å²) in [6, 6.07) is 6.19. The molecule has 112 valence electrons. The zero-order valence-corrected chi connectivity index (χ0v) is 11.5. The predicted octanol–water partition coefficient (Wildman–Crippen LogP) is 4.32. The molecule has 0 saturated heterocycles. The molecule has 0 aliphatic heterocycles. The van der Waals surface area contributed by atoms with Crippen molar-refractivity contribution in [3.8, 4) is 0 Å². The van der Waals surface area contributed by atoms with E-state index in [-0.39, 0.29) is 12.0 Å². The van der Waals surface area contributed by atoms with Gasteiger partial charge in [0.15, 0.2) is 0 Å². The van der Waals surface area contributed by atoms with Gasteiger partial charge in [-0.25, -0.2) is 0 Å². The summed E-state index contributed by atoms with van der Waals surface area (Å²) >= 11 is 0. The summed E-state index contributed by atoms with van der Waals surface area (Å²) in [5.41, 5.74) is 0.246. The number of carbonyl (C=O) groups excluding carboxylic acids is 1. The summed E-state index contributed by atoms with van der Waals surface area (Å²) in [6.07, 6.45) is -1.37. The first-order chi connectivity index (χ1) is 9.45. The SMILES string of the molecule is CCCCCC[C@@H](NC(=O)c1ccccc1)C(F)(F)F. The standard InChI is InChI=1S/C15H20F3NO/c1-2-3-4-8-11-13(15(16,17)18)19-14(20)12-9-6-5-7-10-12/h5-7,9-10,13H,2-4,8,11H2,1H3,(H,19,20)/t13-/m1/s1. The van der Waals surface area contributed by atoms with Crippen LogP contribution in [0.2, 0.25) is 0 Å². The van der Waals surface area contributed by atoms with Crippen molar-refractivity contribution in [1.29, 1.82) is 0 Å². The van der Waals surface area contributed by atoms with Crippen LogP contribution in [0.4, 0.5) is 13.2 Å². The van der Waals surface area contributed by atoms with Crippen LogP contribution in [0.15, 0.2) is 30.3 Å². The molecule has 0 radical (unpaired) electrons. The lowest BCUT2D eigenvalue weighted by atomic mass is 10.1. The molecule has 1 N–H and O–H groups in total. The summed E-state index contributed by atoms with van der Waals surface area (Å²) in [6.45, 7) is 2.00. The molecule has 5 heteroatoms. The topological polar surface area (TPSA) is 29.1 Å². The number of rotatable bonds is 7. The number of nitrogens with one attached hydrogen (secondary N) is 1. The van der Waals surface area contributed by atoms with E-state index in [4.69, 9.17) is 0 Å². The number of benzene rings is 1. The Morgan fingerprint density at radius 1 is 1.15 bits per heavy atom. The highest BCUT2D eigenvalue weighted by Crippen LogP contribution is 2.24. The quantitative estimate of drug-likeness (QED) is 0.744. The fourth-order valence-electron chi connectivity index (χ4n) is 1.92. The summed E-state index contributed by atoms with van der Waals surface area (Å²) in [5.74, 6) is -0.677. The van der Waals surface area contributed by atoms with E-state index >= 15 is 0 Å². The zero-order valence-electron chi connectivity index (χ0n) is 11.5. The Labute approximate surface area is 117 Å². The Kier molecular flexibility index (Phi) is 6.55. The van der Waals surface area contributed by atoms with Crippen molar-refractivity contribution >= 4 is 5.91 Å². The smallest absolute Gasteiger partial charge is 0.340 e. The van der Waals surface area contributed by atoms with Crippen LogP contribution in [-0.2, 0) is 0 Å². The predicted molar refractivity (Wildman–Crippen MR) is 72.5 cm³/mol. The average molecular weight is 287 g/mol. The molecule has 0 aromatic heterocycles. The van der Waals surface area contributed by atoms with Gasteiger partial charge in [0.05, 0.1) is 0 Å².